The number of nitrogens with zero attached hydrogens (tertiary/aromatic N) is 1. The zero-order chi connectivity index (χ0) is 24.7. The fourth-order valence-electron chi connectivity index (χ4n) is 3.10. The predicted octanol–water partition coefficient (Wildman–Crippen LogP) is 5.29. The molecule has 3 aromatic carbocycles. The van der Waals surface area contributed by atoms with Crippen molar-refractivity contribution in [2.24, 2.45) is 5.10 Å². The van der Waals surface area contributed by atoms with Gasteiger partial charge >= 0.3 is 11.8 Å². The Labute approximate surface area is 207 Å². The summed E-state index contributed by atoms with van der Waals surface area (Å²) in [4.78, 5) is 24.1. The van der Waals surface area contributed by atoms with Gasteiger partial charge in [0.2, 0.25) is 0 Å². The number of methoxy groups -OCH3 is 1. The highest BCUT2D eigenvalue weighted by molar-refractivity contribution is 6.41. The molecule has 0 aliphatic heterocycles. The number of nitrogens with one attached hydrogen (secondary N) is 2. The maximum atomic E-state index is 12.0. The molecule has 0 unspecified atom stereocenters. The van der Waals surface area contributed by atoms with Gasteiger partial charge in [-0.25, -0.2) is 5.43 Å². The van der Waals surface area contributed by atoms with E-state index in [1.807, 2.05) is 32.0 Å². The highest BCUT2D eigenvalue weighted by Crippen LogP contribution is 2.28. The summed E-state index contributed by atoms with van der Waals surface area (Å²) < 4.78 is 11.3. The van der Waals surface area contributed by atoms with Crippen molar-refractivity contribution in [3.63, 3.8) is 0 Å². The van der Waals surface area contributed by atoms with Crippen LogP contribution in [0, 0.1) is 13.8 Å². The van der Waals surface area contributed by atoms with Crippen LogP contribution < -0.4 is 20.2 Å². The highest BCUT2D eigenvalue weighted by Gasteiger charge is 2.14. The lowest BCUT2D eigenvalue weighted by Crippen LogP contribution is -2.32. The molecule has 2 N–H and O–H groups in total. The summed E-state index contributed by atoms with van der Waals surface area (Å²) in [5, 5.41) is 7.32. The van der Waals surface area contributed by atoms with Gasteiger partial charge in [0.05, 0.1) is 24.0 Å². The van der Waals surface area contributed by atoms with E-state index in [0.29, 0.717) is 32.8 Å². The van der Waals surface area contributed by atoms with E-state index in [2.05, 4.69) is 15.8 Å². The molecule has 0 spiro atoms. The third kappa shape index (κ3) is 6.50. The number of carbonyl (C=O) groups is 2. The first-order valence-corrected chi connectivity index (χ1v) is 11.0. The number of ether oxygens (including phenoxy) is 2. The summed E-state index contributed by atoms with van der Waals surface area (Å²) in [6, 6.07) is 15.7. The number of rotatable bonds is 7. The summed E-state index contributed by atoms with van der Waals surface area (Å²) in [6.45, 7) is 4.09. The Bertz CT molecular complexity index is 1220. The van der Waals surface area contributed by atoms with Crippen molar-refractivity contribution >= 4 is 46.9 Å². The van der Waals surface area contributed by atoms with Crippen molar-refractivity contribution in [3.8, 4) is 11.5 Å². The number of hydrazone groups is 1. The van der Waals surface area contributed by atoms with Gasteiger partial charge in [-0.3, -0.25) is 9.59 Å². The maximum Gasteiger partial charge on any atom is 0.329 e. The molecule has 0 atom stereocenters. The molecule has 7 nitrogen and oxygen atoms in total. The molecule has 0 saturated carbocycles. The van der Waals surface area contributed by atoms with E-state index in [4.69, 9.17) is 32.7 Å². The lowest BCUT2D eigenvalue weighted by atomic mass is 10.1. The molecule has 3 aromatic rings. The molecular formula is C25H23Cl2N3O4. The van der Waals surface area contributed by atoms with Crippen molar-refractivity contribution in [1.29, 1.82) is 0 Å². The van der Waals surface area contributed by atoms with Gasteiger partial charge in [0, 0.05) is 10.6 Å². The smallest absolute Gasteiger partial charge is 0.329 e. The fourth-order valence-corrected chi connectivity index (χ4v) is 3.39. The van der Waals surface area contributed by atoms with Crippen molar-refractivity contribution < 1.29 is 19.1 Å². The van der Waals surface area contributed by atoms with Crippen molar-refractivity contribution in [1.82, 2.24) is 5.43 Å². The zero-order valence-corrected chi connectivity index (χ0v) is 20.3. The van der Waals surface area contributed by atoms with Crippen LogP contribution in [0.15, 0.2) is 59.7 Å². The quantitative estimate of drug-likeness (QED) is 0.262. The van der Waals surface area contributed by atoms with E-state index in [1.165, 1.54) is 6.21 Å². The van der Waals surface area contributed by atoms with Gasteiger partial charge < -0.3 is 14.8 Å². The number of aryl methyl sites for hydroxylation is 2. The summed E-state index contributed by atoms with van der Waals surface area (Å²) >= 11 is 12.2. The van der Waals surface area contributed by atoms with Gasteiger partial charge in [0.15, 0.2) is 0 Å². The number of hydrogen-bond donors (Lipinski definition) is 2. The summed E-state index contributed by atoms with van der Waals surface area (Å²) in [6.07, 6.45) is 1.42. The van der Waals surface area contributed by atoms with Crippen molar-refractivity contribution in [2.45, 2.75) is 20.5 Å². The SMILES string of the molecule is COc1ccc(/C=N/NC(=O)C(=O)Nc2ccccc2Cl)cc1COc1cc(C)c(Cl)c(C)c1. The van der Waals surface area contributed by atoms with E-state index in [0.717, 1.165) is 16.7 Å². The van der Waals surface area contributed by atoms with Crippen LogP contribution in [0.25, 0.3) is 0 Å². The molecule has 0 bridgehead atoms. The average molecular weight is 500 g/mol. The molecular weight excluding hydrogens is 477 g/mol. The molecule has 176 valence electrons. The Morgan fingerprint density at radius 2 is 1.71 bits per heavy atom. The summed E-state index contributed by atoms with van der Waals surface area (Å²) in [7, 11) is 1.57. The third-order valence-corrected chi connectivity index (χ3v) is 5.74. The number of para-hydroxylation sites is 1. The Morgan fingerprint density at radius 3 is 2.38 bits per heavy atom. The van der Waals surface area contributed by atoms with Crippen LogP contribution >= 0.6 is 23.2 Å². The Morgan fingerprint density at radius 1 is 1.00 bits per heavy atom. The maximum absolute atomic E-state index is 12.0. The molecule has 0 aliphatic rings. The van der Waals surface area contributed by atoms with Gasteiger partial charge in [-0.1, -0.05) is 35.3 Å². The number of benzene rings is 3. The lowest BCUT2D eigenvalue weighted by molar-refractivity contribution is -0.136. The number of halogens is 2. The molecule has 34 heavy (non-hydrogen) atoms. The van der Waals surface area contributed by atoms with Crippen LogP contribution in [0.5, 0.6) is 11.5 Å². The minimum absolute atomic E-state index is 0.248. The van der Waals surface area contributed by atoms with Crippen molar-refractivity contribution in [3.05, 3.63) is 86.9 Å². The van der Waals surface area contributed by atoms with Crippen LogP contribution in [-0.2, 0) is 16.2 Å². The molecule has 0 aliphatic carbocycles. The second-order valence-electron chi connectivity index (χ2n) is 7.36. The largest absolute Gasteiger partial charge is 0.496 e. The molecule has 0 heterocycles. The first kappa shape index (κ1) is 25.1. The molecule has 2 amide bonds. The van der Waals surface area contributed by atoms with Gasteiger partial charge in [0.25, 0.3) is 0 Å². The lowest BCUT2D eigenvalue weighted by Gasteiger charge is -2.13. The average Bonchev–Trinajstić information content (AvgIpc) is 2.82. The first-order valence-electron chi connectivity index (χ1n) is 10.2. The Balaban J connectivity index is 1.63. The van der Waals surface area contributed by atoms with Gasteiger partial charge in [-0.15, -0.1) is 0 Å². The minimum atomic E-state index is -0.929. The highest BCUT2D eigenvalue weighted by atomic mass is 35.5. The molecule has 0 saturated heterocycles. The number of carbonyl (C=O) groups excluding carboxylic acids is 2. The zero-order valence-electron chi connectivity index (χ0n) is 18.8. The second-order valence-corrected chi connectivity index (χ2v) is 8.15. The van der Waals surface area contributed by atoms with Crippen molar-refractivity contribution in [2.75, 3.05) is 12.4 Å². The van der Waals surface area contributed by atoms with Gasteiger partial charge in [0.1, 0.15) is 18.1 Å². The molecule has 0 fully saturated rings. The fraction of sp³-hybridized carbons (Fsp3) is 0.160. The van der Waals surface area contributed by atoms with Gasteiger partial charge in [-0.05, 0) is 73.0 Å². The molecule has 3 rings (SSSR count). The first-order chi connectivity index (χ1) is 16.3. The number of amides is 2. The predicted molar refractivity (Wildman–Crippen MR) is 134 cm³/mol. The third-order valence-electron chi connectivity index (χ3n) is 4.82. The number of hydrogen-bond acceptors (Lipinski definition) is 5. The normalized spacial score (nSPS) is 10.7. The van der Waals surface area contributed by atoms with Crippen LogP contribution in [0.1, 0.15) is 22.3 Å². The second kappa shape index (κ2) is 11.5. The molecule has 0 aromatic heterocycles. The van der Waals surface area contributed by atoms with Crippen LogP contribution in [0.2, 0.25) is 10.0 Å². The van der Waals surface area contributed by atoms with E-state index >= 15 is 0 Å². The molecule has 9 heteroatoms. The standard InChI is InChI=1S/C25H23Cl2N3O4/c1-15-10-19(11-16(2)23(15)27)34-14-18-12-17(8-9-22(18)33-3)13-28-30-25(32)24(31)29-21-7-5-4-6-20(21)26/h4-13H,14H2,1-3H3,(H,29,31)(H,30,32)/b28-13+. The summed E-state index contributed by atoms with van der Waals surface area (Å²) in [5.41, 5.74) is 5.84. The van der Waals surface area contributed by atoms with Crippen LogP contribution in [0.3, 0.4) is 0 Å². The van der Waals surface area contributed by atoms with Gasteiger partial charge in [-0.2, -0.15) is 5.10 Å². The number of anilines is 1. The topological polar surface area (TPSA) is 89.0 Å². The molecule has 0 radical (unpaired) electrons. The monoisotopic (exact) mass is 499 g/mol. The van der Waals surface area contributed by atoms with Crippen LogP contribution in [0.4, 0.5) is 5.69 Å². The van der Waals surface area contributed by atoms with E-state index in [1.54, 1.807) is 43.5 Å². The van der Waals surface area contributed by atoms with E-state index in [9.17, 15) is 9.59 Å². The van der Waals surface area contributed by atoms with E-state index in [-0.39, 0.29) is 6.61 Å². The van der Waals surface area contributed by atoms with Crippen LogP contribution in [-0.4, -0.2) is 25.1 Å². The minimum Gasteiger partial charge on any atom is -0.496 e. The Hall–Kier alpha value is -3.55. The Kier molecular flexibility index (Phi) is 8.51. The summed E-state index contributed by atoms with van der Waals surface area (Å²) in [5.74, 6) is -0.482. The van der Waals surface area contributed by atoms with E-state index < -0.39 is 11.8 Å².